The zero-order valence-corrected chi connectivity index (χ0v) is 21.1. The van der Waals surface area contributed by atoms with E-state index in [2.05, 4.69) is 20.9 Å². The smallest absolute Gasteiger partial charge is 0.271 e. The number of halogens is 1. The Morgan fingerprint density at radius 1 is 1.12 bits per heavy atom. The molecule has 1 unspecified atom stereocenters. The number of fused-ring (bicyclic) bond motifs is 1. The van der Waals surface area contributed by atoms with Crippen molar-refractivity contribution in [3.05, 3.63) is 87.2 Å². The summed E-state index contributed by atoms with van der Waals surface area (Å²) < 4.78 is 18.7. The molecular weight excluding hydrogens is 505 g/mol. The van der Waals surface area contributed by atoms with Gasteiger partial charge >= 0.3 is 0 Å². The summed E-state index contributed by atoms with van der Waals surface area (Å²) >= 11 is 3.50. The van der Waals surface area contributed by atoms with E-state index in [4.69, 9.17) is 13.7 Å². The van der Waals surface area contributed by atoms with E-state index in [0.717, 1.165) is 11.1 Å². The summed E-state index contributed by atoms with van der Waals surface area (Å²) in [5.41, 5.74) is 1.69. The van der Waals surface area contributed by atoms with Crippen molar-refractivity contribution in [2.45, 2.75) is 32.9 Å². The van der Waals surface area contributed by atoms with E-state index in [1.165, 1.54) is 12.1 Å². The predicted molar refractivity (Wildman–Crippen MR) is 135 cm³/mol. The van der Waals surface area contributed by atoms with E-state index in [1.807, 2.05) is 70.2 Å². The number of nitro groups is 1. The average molecular weight is 528 g/mol. The van der Waals surface area contributed by atoms with Gasteiger partial charge in [0.1, 0.15) is 11.3 Å². The Hall–Kier alpha value is -2.96. The lowest BCUT2D eigenvalue weighted by atomic mass is 10.2. The minimum Gasteiger partial charge on any atom is -0.457 e. The van der Waals surface area contributed by atoms with Crippen LogP contribution in [0, 0.1) is 17.0 Å². The highest BCUT2D eigenvalue weighted by atomic mass is 79.9. The number of furan rings is 1. The number of benzene rings is 2. The van der Waals surface area contributed by atoms with Gasteiger partial charge in [-0.1, -0.05) is 39.0 Å². The van der Waals surface area contributed by atoms with E-state index >= 15 is 0 Å². The Balaban J connectivity index is 2.05. The van der Waals surface area contributed by atoms with Gasteiger partial charge < -0.3 is 8.94 Å². The Labute approximate surface area is 200 Å². The maximum absolute atomic E-state index is 11.4. The molecule has 0 amide bonds. The molecule has 2 aromatic heterocycles. The second-order valence-electron chi connectivity index (χ2n) is 8.55. The number of nitrogens with zero attached hydrogens (tertiary/aromatic N) is 3. The fraction of sp³-hybridized carbons (Fsp3) is 0.208. The van der Waals surface area contributed by atoms with Crippen molar-refractivity contribution in [1.82, 2.24) is 4.98 Å². The molecule has 9 heteroatoms. The quantitative estimate of drug-likeness (QED) is 0.150. The summed E-state index contributed by atoms with van der Waals surface area (Å²) in [5.74, 6) is 1.31. The molecule has 2 heterocycles. The Bertz CT molecular complexity index is 1400. The van der Waals surface area contributed by atoms with Gasteiger partial charge in [-0.25, -0.2) is 4.74 Å². The van der Waals surface area contributed by atoms with Crippen LogP contribution in [0.4, 0.5) is 11.4 Å². The van der Waals surface area contributed by atoms with Gasteiger partial charge in [-0.2, -0.15) is 0 Å². The van der Waals surface area contributed by atoms with Gasteiger partial charge in [0.05, 0.1) is 10.6 Å². The topological polar surface area (TPSA) is 90.8 Å². The van der Waals surface area contributed by atoms with Crippen molar-refractivity contribution in [3.63, 3.8) is 0 Å². The molecule has 0 N–H and O–H groups in total. The van der Waals surface area contributed by atoms with Gasteiger partial charge in [-0.05, 0) is 53.2 Å². The van der Waals surface area contributed by atoms with E-state index in [1.54, 1.807) is 12.3 Å². The normalized spacial score (nSPS) is 13.5. The van der Waals surface area contributed by atoms with Gasteiger partial charge in [0.25, 0.3) is 5.69 Å². The Morgan fingerprint density at radius 3 is 2.55 bits per heavy atom. The van der Waals surface area contributed by atoms with Crippen LogP contribution in [0.2, 0.25) is 0 Å². The Morgan fingerprint density at radius 2 is 1.88 bits per heavy atom. The van der Waals surface area contributed by atoms with Crippen LogP contribution in [0.1, 0.15) is 26.5 Å². The molecule has 0 aliphatic rings. The molecule has 0 bridgehead atoms. The summed E-state index contributed by atoms with van der Waals surface area (Å²) in [6, 6.07) is 17.9. The van der Waals surface area contributed by atoms with Gasteiger partial charge in [0.15, 0.2) is 11.3 Å². The van der Waals surface area contributed by atoms with E-state index in [9.17, 15) is 10.1 Å². The largest absolute Gasteiger partial charge is 0.457 e. The van der Waals surface area contributed by atoms with Crippen LogP contribution in [0.3, 0.4) is 0 Å². The van der Waals surface area contributed by atoms with E-state index in [-0.39, 0.29) is 5.69 Å². The minimum absolute atomic E-state index is 0.0496. The molecule has 1 atom stereocenters. The number of aromatic nitrogens is 1. The van der Waals surface area contributed by atoms with Crippen molar-refractivity contribution in [2.24, 2.45) is 4.74 Å². The standard InChI is InChI=1S/C24H23BrN3O4P/c1-16-10-13-22(31-16)33(24(2,3)4,27-20-15-18(28(29)30)11-12-19(20)25)32-21-9-5-7-17-8-6-14-26-23(17)21/h5-15H,1-4H3. The van der Waals surface area contributed by atoms with Crippen LogP contribution in [0.25, 0.3) is 10.9 Å². The maximum atomic E-state index is 11.4. The van der Waals surface area contributed by atoms with Crippen LogP contribution >= 0.6 is 23.2 Å². The molecule has 0 radical (unpaired) electrons. The third-order valence-corrected chi connectivity index (χ3v) is 9.43. The molecule has 0 fully saturated rings. The molecule has 7 nitrogen and oxygen atoms in total. The number of aryl methyl sites for hydroxylation is 1. The molecule has 0 saturated heterocycles. The maximum Gasteiger partial charge on any atom is 0.271 e. The summed E-state index contributed by atoms with van der Waals surface area (Å²) in [6.45, 7) is 7.97. The number of hydrogen-bond donors (Lipinski definition) is 0. The highest BCUT2D eigenvalue weighted by molar-refractivity contribution is 9.10. The molecule has 4 rings (SSSR count). The molecule has 33 heavy (non-hydrogen) atoms. The number of pyridine rings is 1. The van der Waals surface area contributed by atoms with Gasteiger partial charge in [-0.3, -0.25) is 15.1 Å². The van der Waals surface area contributed by atoms with Crippen LogP contribution in [-0.4, -0.2) is 15.1 Å². The van der Waals surface area contributed by atoms with Crippen molar-refractivity contribution >= 4 is 51.0 Å². The number of rotatable bonds is 5. The SMILES string of the molecule is Cc1ccc(P(=Nc2cc([N+](=O)[O-])ccc2Br)(Oc2cccc3cccnc23)C(C)(C)C)o1. The second kappa shape index (κ2) is 8.76. The molecule has 0 aliphatic heterocycles. The number of para-hydroxylation sites is 1. The molecule has 4 aromatic rings. The first-order valence-electron chi connectivity index (χ1n) is 10.3. The lowest BCUT2D eigenvalue weighted by Crippen LogP contribution is -2.26. The fourth-order valence-corrected chi connectivity index (χ4v) is 6.83. The summed E-state index contributed by atoms with van der Waals surface area (Å²) in [7, 11) is -2.97. The molecule has 170 valence electrons. The van der Waals surface area contributed by atoms with E-state index < -0.39 is 17.4 Å². The monoisotopic (exact) mass is 527 g/mol. The summed E-state index contributed by atoms with van der Waals surface area (Å²) in [6.07, 6.45) is 1.72. The van der Waals surface area contributed by atoms with Crippen molar-refractivity contribution < 1.29 is 13.9 Å². The van der Waals surface area contributed by atoms with Gasteiger partial charge in [0.2, 0.25) is 7.28 Å². The molecule has 0 aliphatic carbocycles. The molecular formula is C24H23BrN3O4P. The zero-order chi connectivity index (χ0) is 23.8. The first-order valence-corrected chi connectivity index (χ1v) is 12.7. The van der Waals surface area contributed by atoms with Crippen LogP contribution < -0.4 is 10.0 Å². The number of non-ortho nitro benzene ring substituents is 1. The third kappa shape index (κ3) is 4.45. The summed E-state index contributed by atoms with van der Waals surface area (Å²) in [4.78, 5) is 15.5. The number of hydrogen-bond acceptors (Lipinski definition) is 6. The molecule has 0 saturated carbocycles. The van der Waals surface area contributed by atoms with Crippen LogP contribution in [0.15, 0.2) is 80.5 Å². The van der Waals surface area contributed by atoms with E-state index in [0.29, 0.717) is 26.9 Å². The highest BCUT2D eigenvalue weighted by Gasteiger charge is 2.42. The van der Waals surface area contributed by atoms with Gasteiger partial charge in [0, 0.05) is 33.3 Å². The second-order valence-corrected chi connectivity index (χ2v) is 12.7. The Kier molecular flexibility index (Phi) is 6.16. The van der Waals surface area contributed by atoms with Gasteiger partial charge in [-0.15, -0.1) is 0 Å². The lowest BCUT2D eigenvalue weighted by Gasteiger charge is -2.35. The minimum atomic E-state index is -2.97. The van der Waals surface area contributed by atoms with Crippen molar-refractivity contribution in [2.75, 3.05) is 0 Å². The van der Waals surface area contributed by atoms with Crippen molar-refractivity contribution in [3.8, 4) is 5.75 Å². The molecule has 0 spiro atoms. The zero-order valence-electron chi connectivity index (χ0n) is 18.7. The predicted octanol–water partition coefficient (Wildman–Crippen LogP) is 7.76. The lowest BCUT2D eigenvalue weighted by molar-refractivity contribution is -0.384. The number of nitro benzene ring substituents is 1. The van der Waals surface area contributed by atoms with Crippen molar-refractivity contribution in [1.29, 1.82) is 0 Å². The first kappa shape index (κ1) is 23.2. The third-order valence-electron chi connectivity index (χ3n) is 5.15. The average Bonchev–Trinajstić information content (AvgIpc) is 3.20. The highest BCUT2D eigenvalue weighted by Crippen LogP contribution is 2.63. The van der Waals surface area contributed by atoms with Crippen LogP contribution in [0.5, 0.6) is 5.75 Å². The van der Waals surface area contributed by atoms with Crippen LogP contribution in [-0.2, 0) is 0 Å². The molecule has 2 aromatic carbocycles. The fourth-order valence-electron chi connectivity index (χ4n) is 3.45. The first-order chi connectivity index (χ1) is 15.6. The summed E-state index contributed by atoms with van der Waals surface area (Å²) in [5, 5.41) is 11.9.